The van der Waals surface area contributed by atoms with Gasteiger partial charge in [0.1, 0.15) is 10.7 Å². The van der Waals surface area contributed by atoms with Gasteiger partial charge in [-0.3, -0.25) is 4.72 Å². The third kappa shape index (κ3) is 3.63. The van der Waals surface area contributed by atoms with E-state index in [1.165, 1.54) is 13.2 Å². The molecular formula is C13H14ClN3O3S. The molecule has 0 radical (unpaired) electrons. The number of ether oxygens (including phenoxy) is 1. The van der Waals surface area contributed by atoms with Gasteiger partial charge >= 0.3 is 0 Å². The fourth-order valence-corrected chi connectivity index (χ4v) is 2.98. The van der Waals surface area contributed by atoms with Gasteiger partial charge in [0.05, 0.1) is 17.3 Å². The zero-order valence-corrected chi connectivity index (χ0v) is 12.8. The van der Waals surface area contributed by atoms with Crippen LogP contribution in [0.5, 0.6) is 0 Å². The lowest BCUT2D eigenvalue weighted by molar-refractivity contribution is 0.185. The number of nitrogens with one attached hydrogen (secondary N) is 1. The molecule has 0 amide bonds. The number of sulfonamides is 1. The Bertz CT molecular complexity index is 750. The molecule has 3 N–H and O–H groups in total. The standard InChI is InChI=1S/C13H14ClN3O3S/c1-20-8-9-4-2-3-5-12(9)17-21(18,19)10-6-11(14)13(15)16-7-10/h2-7,17H,8H2,1H3,(H2,15,16). The maximum atomic E-state index is 12.3. The van der Waals surface area contributed by atoms with Crippen LogP contribution < -0.4 is 10.5 Å². The van der Waals surface area contributed by atoms with E-state index in [9.17, 15) is 8.42 Å². The normalized spacial score (nSPS) is 11.3. The fourth-order valence-electron chi connectivity index (χ4n) is 1.68. The molecule has 0 fully saturated rings. The van der Waals surface area contributed by atoms with Crippen molar-refractivity contribution in [3.05, 3.63) is 47.1 Å². The second-order valence-electron chi connectivity index (χ2n) is 4.23. The van der Waals surface area contributed by atoms with Crippen molar-refractivity contribution in [2.45, 2.75) is 11.5 Å². The molecule has 2 rings (SSSR count). The second kappa shape index (κ2) is 6.30. The molecular weight excluding hydrogens is 314 g/mol. The number of methoxy groups -OCH3 is 1. The first-order valence-corrected chi connectivity index (χ1v) is 7.81. The molecule has 2 aromatic rings. The molecule has 0 saturated heterocycles. The van der Waals surface area contributed by atoms with E-state index in [4.69, 9.17) is 22.1 Å². The van der Waals surface area contributed by atoms with Gasteiger partial charge in [-0.2, -0.15) is 0 Å². The van der Waals surface area contributed by atoms with E-state index in [2.05, 4.69) is 9.71 Å². The van der Waals surface area contributed by atoms with Gasteiger partial charge in [-0.15, -0.1) is 0 Å². The summed E-state index contributed by atoms with van der Waals surface area (Å²) in [6.45, 7) is 0.291. The van der Waals surface area contributed by atoms with Gasteiger partial charge in [0.25, 0.3) is 10.0 Å². The van der Waals surface area contributed by atoms with E-state index >= 15 is 0 Å². The highest BCUT2D eigenvalue weighted by Gasteiger charge is 2.17. The van der Waals surface area contributed by atoms with Gasteiger partial charge in [0, 0.05) is 18.9 Å². The Kier molecular flexibility index (Phi) is 4.66. The summed E-state index contributed by atoms with van der Waals surface area (Å²) in [5, 5.41) is 0.0862. The number of pyridine rings is 1. The molecule has 0 unspecified atom stereocenters. The summed E-state index contributed by atoms with van der Waals surface area (Å²) in [5.74, 6) is 0.0791. The van der Waals surface area contributed by atoms with Crippen LogP contribution in [0.1, 0.15) is 5.56 Å². The number of rotatable bonds is 5. The summed E-state index contributed by atoms with van der Waals surface area (Å²) in [7, 11) is -2.26. The van der Waals surface area contributed by atoms with Gasteiger partial charge in [-0.05, 0) is 12.1 Å². The van der Waals surface area contributed by atoms with Gasteiger partial charge in [-0.1, -0.05) is 29.8 Å². The molecule has 0 spiro atoms. The molecule has 0 aliphatic carbocycles. The van der Waals surface area contributed by atoms with Gasteiger partial charge < -0.3 is 10.5 Å². The molecule has 1 aromatic carbocycles. The Labute approximate surface area is 128 Å². The van der Waals surface area contributed by atoms with Crippen molar-refractivity contribution in [1.29, 1.82) is 0 Å². The zero-order chi connectivity index (χ0) is 15.5. The first-order valence-electron chi connectivity index (χ1n) is 5.94. The van der Waals surface area contributed by atoms with Crippen LogP contribution in [0.4, 0.5) is 11.5 Å². The van der Waals surface area contributed by atoms with E-state index in [-0.39, 0.29) is 15.7 Å². The summed E-state index contributed by atoms with van der Waals surface area (Å²) >= 11 is 5.80. The maximum Gasteiger partial charge on any atom is 0.263 e. The summed E-state index contributed by atoms with van der Waals surface area (Å²) < 4.78 is 32.2. The number of aromatic nitrogens is 1. The fraction of sp³-hybridized carbons (Fsp3) is 0.154. The minimum absolute atomic E-state index is 0.0612. The van der Waals surface area contributed by atoms with Crippen LogP contribution in [-0.2, 0) is 21.4 Å². The highest BCUT2D eigenvalue weighted by Crippen LogP contribution is 2.23. The molecule has 1 heterocycles. The predicted molar refractivity (Wildman–Crippen MR) is 81.6 cm³/mol. The van der Waals surface area contributed by atoms with Crippen molar-refractivity contribution < 1.29 is 13.2 Å². The Hall–Kier alpha value is -1.83. The highest BCUT2D eigenvalue weighted by atomic mass is 35.5. The minimum atomic E-state index is -3.80. The maximum absolute atomic E-state index is 12.3. The Morgan fingerprint density at radius 2 is 2.10 bits per heavy atom. The lowest BCUT2D eigenvalue weighted by Gasteiger charge is -2.12. The molecule has 0 atom stereocenters. The van der Waals surface area contributed by atoms with Gasteiger partial charge in [0.15, 0.2) is 0 Å². The van der Waals surface area contributed by atoms with Crippen molar-refractivity contribution in [2.24, 2.45) is 0 Å². The van der Waals surface area contributed by atoms with Crippen LogP contribution >= 0.6 is 11.6 Å². The average Bonchev–Trinajstić information content (AvgIpc) is 2.44. The topological polar surface area (TPSA) is 94.3 Å². The molecule has 0 aliphatic heterocycles. The van der Waals surface area contributed by atoms with E-state index in [0.717, 1.165) is 11.8 Å². The van der Waals surface area contributed by atoms with Crippen LogP contribution in [0.3, 0.4) is 0 Å². The van der Waals surface area contributed by atoms with Crippen LogP contribution in [-0.4, -0.2) is 20.5 Å². The van der Waals surface area contributed by atoms with Crippen LogP contribution in [0.2, 0.25) is 5.02 Å². The predicted octanol–water partition coefficient (Wildman–Crippen LogP) is 2.26. The van der Waals surface area contributed by atoms with Crippen LogP contribution in [0.25, 0.3) is 0 Å². The lowest BCUT2D eigenvalue weighted by Crippen LogP contribution is -2.15. The second-order valence-corrected chi connectivity index (χ2v) is 6.32. The molecule has 1 aromatic heterocycles. The monoisotopic (exact) mass is 327 g/mol. The van der Waals surface area contributed by atoms with Gasteiger partial charge in [-0.25, -0.2) is 13.4 Å². The molecule has 0 saturated carbocycles. The van der Waals surface area contributed by atoms with Crippen molar-refractivity contribution >= 4 is 33.1 Å². The third-order valence-electron chi connectivity index (χ3n) is 2.72. The third-order valence-corrected chi connectivity index (χ3v) is 4.35. The van der Waals surface area contributed by atoms with E-state index < -0.39 is 10.0 Å². The zero-order valence-electron chi connectivity index (χ0n) is 11.2. The molecule has 112 valence electrons. The number of para-hydroxylation sites is 1. The molecule has 0 aliphatic rings. The van der Waals surface area contributed by atoms with Crippen molar-refractivity contribution in [2.75, 3.05) is 17.6 Å². The SMILES string of the molecule is COCc1ccccc1NS(=O)(=O)c1cnc(N)c(Cl)c1. The lowest BCUT2D eigenvalue weighted by atomic mass is 10.2. The first kappa shape index (κ1) is 15.6. The van der Waals surface area contributed by atoms with E-state index in [1.54, 1.807) is 24.3 Å². The Morgan fingerprint density at radius 3 is 2.76 bits per heavy atom. The minimum Gasteiger partial charge on any atom is -0.382 e. The molecule has 21 heavy (non-hydrogen) atoms. The Balaban J connectivity index is 2.35. The first-order chi connectivity index (χ1) is 9.94. The number of nitrogen functional groups attached to an aromatic ring is 1. The van der Waals surface area contributed by atoms with Gasteiger partial charge in [0.2, 0.25) is 0 Å². The number of anilines is 2. The largest absolute Gasteiger partial charge is 0.382 e. The van der Waals surface area contributed by atoms with Crippen molar-refractivity contribution in [3.63, 3.8) is 0 Å². The summed E-state index contributed by atoms with van der Waals surface area (Å²) in [6, 6.07) is 8.21. The summed E-state index contributed by atoms with van der Waals surface area (Å²) in [5.41, 5.74) is 6.63. The van der Waals surface area contributed by atoms with Crippen LogP contribution in [0, 0.1) is 0 Å². The van der Waals surface area contributed by atoms with Crippen molar-refractivity contribution in [1.82, 2.24) is 4.98 Å². The van der Waals surface area contributed by atoms with E-state index in [0.29, 0.717) is 12.3 Å². The summed E-state index contributed by atoms with van der Waals surface area (Å²) in [4.78, 5) is 3.69. The smallest absolute Gasteiger partial charge is 0.263 e. The number of nitrogens with zero attached hydrogens (tertiary/aromatic N) is 1. The number of benzene rings is 1. The van der Waals surface area contributed by atoms with Crippen LogP contribution in [0.15, 0.2) is 41.4 Å². The number of halogens is 1. The van der Waals surface area contributed by atoms with E-state index in [1.807, 2.05) is 0 Å². The summed E-state index contributed by atoms with van der Waals surface area (Å²) in [6.07, 6.45) is 1.16. The Morgan fingerprint density at radius 1 is 1.38 bits per heavy atom. The number of hydrogen-bond acceptors (Lipinski definition) is 5. The molecule has 0 bridgehead atoms. The average molecular weight is 328 g/mol. The molecule has 6 nitrogen and oxygen atoms in total. The van der Waals surface area contributed by atoms with Crippen molar-refractivity contribution in [3.8, 4) is 0 Å². The number of hydrogen-bond donors (Lipinski definition) is 2. The number of nitrogens with two attached hydrogens (primary N) is 1. The highest BCUT2D eigenvalue weighted by molar-refractivity contribution is 7.92. The quantitative estimate of drug-likeness (QED) is 0.878. The molecule has 8 heteroatoms.